The number of rotatable bonds is 2. The molecule has 0 spiro atoms. The predicted octanol–water partition coefficient (Wildman–Crippen LogP) is -0.223. The number of hydrogen-bond acceptors (Lipinski definition) is 3. The summed E-state index contributed by atoms with van der Waals surface area (Å²) in [6.45, 7) is 0.115. The third-order valence-corrected chi connectivity index (χ3v) is 1.42. The lowest BCUT2D eigenvalue weighted by atomic mass is 10.2. The molecule has 4 heteroatoms. The zero-order chi connectivity index (χ0) is 8.27. The maximum absolute atomic E-state index is 10.4. The van der Waals surface area contributed by atoms with Crippen molar-refractivity contribution in [2.24, 2.45) is 0 Å². The molecule has 0 aromatic rings. The minimum atomic E-state index is -0.937. The van der Waals surface area contributed by atoms with Crippen molar-refractivity contribution in [3.63, 3.8) is 0 Å². The van der Waals surface area contributed by atoms with E-state index in [1.807, 2.05) is 0 Å². The molecule has 0 bridgehead atoms. The molecular formula is C7H9NO3. The second kappa shape index (κ2) is 3.21. The summed E-state index contributed by atoms with van der Waals surface area (Å²) in [6.07, 6.45) is 4.77. The zero-order valence-corrected chi connectivity index (χ0v) is 5.90. The van der Waals surface area contributed by atoms with Crippen molar-refractivity contribution in [3.05, 3.63) is 23.9 Å². The first-order chi connectivity index (χ1) is 5.24. The molecule has 1 rings (SSSR count). The highest BCUT2D eigenvalue weighted by atomic mass is 16.4. The lowest BCUT2D eigenvalue weighted by Crippen LogP contribution is -2.25. The van der Waals surface area contributed by atoms with Crippen molar-refractivity contribution in [1.29, 1.82) is 0 Å². The average Bonchev–Trinajstić information content (AvgIpc) is 2.05. The van der Waals surface area contributed by atoms with Gasteiger partial charge in [-0.1, -0.05) is 0 Å². The van der Waals surface area contributed by atoms with Crippen LogP contribution < -0.4 is 0 Å². The molecule has 1 aliphatic heterocycles. The molecule has 0 atom stereocenters. The first-order valence-electron chi connectivity index (χ1n) is 3.19. The molecule has 0 amide bonds. The molecule has 0 aromatic carbocycles. The average molecular weight is 155 g/mol. The Balaban J connectivity index is 2.64. The van der Waals surface area contributed by atoms with Gasteiger partial charge in [0, 0.05) is 6.20 Å². The lowest BCUT2D eigenvalue weighted by Gasteiger charge is -2.19. The molecule has 2 N–H and O–H groups in total. The summed E-state index contributed by atoms with van der Waals surface area (Å²) in [7, 11) is 0. The molecule has 0 aliphatic carbocycles. The second-order valence-corrected chi connectivity index (χ2v) is 2.23. The predicted molar refractivity (Wildman–Crippen MR) is 38.7 cm³/mol. The van der Waals surface area contributed by atoms with Crippen molar-refractivity contribution in [2.75, 3.05) is 13.3 Å². The van der Waals surface area contributed by atoms with Gasteiger partial charge in [0.2, 0.25) is 0 Å². The summed E-state index contributed by atoms with van der Waals surface area (Å²) < 4.78 is 0. The van der Waals surface area contributed by atoms with Crippen LogP contribution in [0, 0.1) is 0 Å². The number of carboxylic acid groups (broad SMARTS) is 1. The number of aliphatic hydroxyl groups excluding tert-OH is 1. The van der Waals surface area contributed by atoms with Gasteiger partial charge in [-0.2, -0.15) is 0 Å². The molecule has 0 fully saturated rings. The van der Waals surface area contributed by atoms with Gasteiger partial charge in [-0.05, 0) is 12.2 Å². The standard InChI is InChI=1S/C7H9NO3/c9-5-8-3-1-2-6(4-8)7(10)11/h1-3,9H,4-5H2,(H,10,11). The van der Waals surface area contributed by atoms with Gasteiger partial charge in [-0.15, -0.1) is 0 Å². The molecule has 0 saturated carbocycles. The minimum Gasteiger partial charge on any atom is -0.478 e. The van der Waals surface area contributed by atoms with E-state index in [0.717, 1.165) is 0 Å². The van der Waals surface area contributed by atoms with E-state index >= 15 is 0 Å². The number of allylic oxidation sites excluding steroid dienone is 2. The van der Waals surface area contributed by atoms with Crippen LogP contribution in [-0.4, -0.2) is 34.4 Å². The summed E-state index contributed by atoms with van der Waals surface area (Å²) in [6, 6.07) is 0. The number of hydrogen-bond donors (Lipinski definition) is 2. The summed E-state index contributed by atoms with van der Waals surface area (Å²) in [5.41, 5.74) is 0.293. The van der Waals surface area contributed by atoms with Crippen molar-refractivity contribution in [1.82, 2.24) is 4.90 Å². The molecule has 60 valence electrons. The molecule has 0 saturated heterocycles. The number of aliphatic hydroxyl groups is 1. The van der Waals surface area contributed by atoms with Crippen LogP contribution in [0.5, 0.6) is 0 Å². The summed E-state index contributed by atoms with van der Waals surface area (Å²) in [5, 5.41) is 17.2. The first-order valence-corrected chi connectivity index (χ1v) is 3.19. The monoisotopic (exact) mass is 155 g/mol. The Morgan fingerprint density at radius 1 is 1.73 bits per heavy atom. The van der Waals surface area contributed by atoms with Gasteiger partial charge in [-0.3, -0.25) is 0 Å². The van der Waals surface area contributed by atoms with Gasteiger partial charge >= 0.3 is 5.97 Å². The number of carboxylic acids is 1. The van der Waals surface area contributed by atoms with Gasteiger partial charge in [0.1, 0.15) is 6.73 Å². The number of nitrogens with zero attached hydrogens (tertiary/aromatic N) is 1. The fourth-order valence-corrected chi connectivity index (χ4v) is 0.841. The highest BCUT2D eigenvalue weighted by molar-refractivity contribution is 5.87. The van der Waals surface area contributed by atoms with E-state index in [0.29, 0.717) is 5.57 Å². The fourth-order valence-electron chi connectivity index (χ4n) is 0.841. The Labute approximate surface area is 64.1 Å². The van der Waals surface area contributed by atoms with Crippen molar-refractivity contribution < 1.29 is 15.0 Å². The SMILES string of the molecule is O=C(O)C1=CC=CN(CO)C1. The van der Waals surface area contributed by atoms with Crippen LogP contribution in [0.4, 0.5) is 0 Å². The van der Waals surface area contributed by atoms with Crippen molar-refractivity contribution >= 4 is 5.97 Å². The molecule has 1 heterocycles. The van der Waals surface area contributed by atoms with Gasteiger partial charge in [-0.25, -0.2) is 4.79 Å². The highest BCUT2D eigenvalue weighted by Gasteiger charge is 2.11. The van der Waals surface area contributed by atoms with E-state index in [1.165, 1.54) is 11.0 Å². The molecule has 0 unspecified atom stereocenters. The number of aliphatic carboxylic acids is 1. The molecular weight excluding hydrogens is 146 g/mol. The highest BCUT2D eigenvalue weighted by Crippen LogP contribution is 2.05. The Bertz CT molecular complexity index is 220. The van der Waals surface area contributed by atoms with Gasteiger partial charge in [0.05, 0.1) is 12.1 Å². The van der Waals surface area contributed by atoms with Crippen LogP contribution in [0.15, 0.2) is 23.9 Å². The fraction of sp³-hybridized carbons (Fsp3) is 0.286. The Hall–Kier alpha value is -1.29. The van der Waals surface area contributed by atoms with Crippen LogP contribution in [-0.2, 0) is 4.79 Å². The summed E-state index contributed by atoms with van der Waals surface area (Å²) in [4.78, 5) is 11.9. The smallest absolute Gasteiger partial charge is 0.333 e. The van der Waals surface area contributed by atoms with Gasteiger partial charge in [0.15, 0.2) is 0 Å². The van der Waals surface area contributed by atoms with Gasteiger partial charge in [0.25, 0.3) is 0 Å². The van der Waals surface area contributed by atoms with E-state index < -0.39 is 5.97 Å². The van der Waals surface area contributed by atoms with E-state index in [9.17, 15) is 4.79 Å². The molecule has 0 aromatic heterocycles. The summed E-state index contributed by atoms with van der Waals surface area (Å²) >= 11 is 0. The maximum atomic E-state index is 10.4. The zero-order valence-electron chi connectivity index (χ0n) is 5.90. The van der Waals surface area contributed by atoms with Crippen LogP contribution in [0.3, 0.4) is 0 Å². The van der Waals surface area contributed by atoms with E-state index in [-0.39, 0.29) is 13.3 Å². The lowest BCUT2D eigenvalue weighted by molar-refractivity contribution is -0.133. The molecule has 1 aliphatic rings. The molecule has 4 nitrogen and oxygen atoms in total. The van der Waals surface area contributed by atoms with Gasteiger partial charge < -0.3 is 15.1 Å². The Morgan fingerprint density at radius 3 is 3.00 bits per heavy atom. The second-order valence-electron chi connectivity index (χ2n) is 2.23. The minimum absolute atomic E-state index is 0.152. The Morgan fingerprint density at radius 2 is 2.45 bits per heavy atom. The van der Waals surface area contributed by atoms with E-state index in [4.69, 9.17) is 10.2 Å². The normalized spacial score (nSPS) is 16.5. The first kappa shape index (κ1) is 7.81. The van der Waals surface area contributed by atoms with E-state index in [2.05, 4.69) is 0 Å². The Kier molecular flexibility index (Phi) is 2.28. The third-order valence-electron chi connectivity index (χ3n) is 1.42. The third kappa shape index (κ3) is 1.81. The van der Waals surface area contributed by atoms with Crippen LogP contribution in [0.2, 0.25) is 0 Å². The largest absolute Gasteiger partial charge is 0.478 e. The molecule has 0 radical (unpaired) electrons. The topological polar surface area (TPSA) is 60.8 Å². The quantitative estimate of drug-likeness (QED) is 0.578. The molecule has 11 heavy (non-hydrogen) atoms. The summed E-state index contributed by atoms with van der Waals surface area (Å²) in [5.74, 6) is -0.937. The van der Waals surface area contributed by atoms with Crippen LogP contribution in [0.25, 0.3) is 0 Å². The van der Waals surface area contributed by atoms with Crippen LogP contribution in [0.1, 0.15) is 0 Å². The van der Waals surface area contributed by atoms with Crippen LogP contribution >= 0.6 is 0 Å². The van der Waals surface area contributed by atoms with E-state index in [1.54, 1.807) is 12.3 Å². The van der Waals surface area contributed by atoms with Crippen molar-refractivity contribution in [3.8, 4) is 0 Å². The maximum Gasteiger partial charge on any atom is 0.333 e. The number of carbonyl (C=O) groups is 1. The van der Waals surface area contributed by atoms with Crippen molar-refractivity contribution in [2.45, 2.75) is 0 Å².